The molecular weight excluding hydrogens is 448 g/mol. The first-order chi connectivity index (χ1) is 15.2. The Morgan fingerprint density at radius 2 is 1.53 bits per heavy atom. The number of sulfonamides is 1. The number of aryl methyl sites for hydroxylation is 1. The summed E-state index contributed by atoms with van der Waals surface area (Å²) >= 11 is 1.04. The predicted molar refractivity (Wildman–Crippen MR) is 123 cm³/mol. The van der Waals surface area contributed by atoms with E-state index in [0.29, 0.717) is 4.90 Å². The van der Waals surface area contributed by atoms with Gasteiger partial charge in [-0.15, -0.1) is 11.8 Å². The first-order valence-electron chi connectivity index (χ1n) is 9.71. The van der Waals surface area contributed by atoms with Crippen LogP contribution in [0.3, 0.4) is 0 Å². The molecule has 0 bridgehead atoms. The average molecular weight is 469 g/mol. The lowest BCUT2D eigenvalue weighted by atomic mass is 9.83. The van der Waals surface area contributed by atoms with E-state index in [9.17, 15) is 23.1 Å². The quantitative estimate of drug-likeness (QED) is 0.293. The Balaban J connectivity index is 1.87. The van der Waals surface area contributed by atoms with Crippen LogP contribution in [0.15, 0.2) is 70.5 Å². The lowest BCUT2D eigenvalue weighted by molar-refractivity contribution is 0.0977. The number of fused-ring (bicyclic) bond motifs is 2. The molecule has 1 atom stereocenters. The minimum Gasteiger partial charge on any atom is -0.394 e. The third kappa shape index (κ3) is 3.95. The molecule has 0 heterocycles. The average Bonchev–Trinajstić information content (AvgIpc) is 2.78. The molecule has 4 N–H and O–H groups in total. The van der Waals surface area contributed by atoms with Crippen molar-refractivity contribution in [3.05, 3.63) is 88.5 Å². The fourth-order valence-corrected chi connectivity index (χ4v) is 5.43. The zero-order valence-electron chi connectivity index (χ0n) is 17.0. The molecule has 1 aliphatic carbocycles. The van der Waals surface area contributed by atoms with Gasteiger partial charge in [-0.25, -0.2) is 8.42 Å². The second-order valence-corrected chi connectivity index (χ2v) is 10.3. The van der Waals surface area contributed by atoms with E-state index in [0.717, 1.165) is 17.3 Å². The van der Waals surface area contributed by atoms with Crippen molar-refractivity contribution in [2.45, 2.75) is 22.1 Å². The highest BCUT2D eigenvalue weighted by Crippen LogP contribution is 2.39. The Kier molecular flexibility index (Phi) is 5.91. The number of hydrogen-bond donors (Lipinski definition) is 3. The molecule has 0 saturated heterocycles. The number of carbonyl (C=O) groups is 2. The molecule has 0 spiro atoms. The first-order valence-corrected chi connectivity index (χ1v) is 12.1. The van der Waals surface area contributed by atoms with E-state index in [1.165, 1.54) is 30.3 Å². The van der Waals surface area contributed by atoms with Gasteiger partial charge >= 0.3 is 0 Å². The molecule has 1 aliphatic rings. The molecule has 164 valence electrons. The van der Waals surface area contributed by atoms with Crippen LogP contribution >= 0.6 is 11.8 Å². The summed E-state index contributed by atoms with van der Waals surface area (Å²) < 4.78 is 28.4. The lowest BCUT2D eigenvalue weighted by Gasteiger charge is -2.23. The highest BCUT2D eigenvalue weighted by Gasteiger charge is 2.35. The molecule has 4 rings (SSSR count). The number of aliphatic hydroxyl groups excluding tert-OH is 1. The standard InChI is InChI=1S/C23H20N2O5S2/c1-13-6-8-14(9-7-13)32(29,30)25-17-10-11-18(31-19(24)12-26)21-20(17)22(27)15-4-2-3-5-16(15)23(21)28/h2-11,19,25-26H,12,24H2,1H3. The zero-order valence-corrected chi connectivity index (χ0v) is 18.7. The van der Waals surface area contributed by atoms with E-state index in [-0.39, 0.29) is 39.4 Å². The van der Waals surface area contributed by atoms with Gasteiger partial charge in [0.1, 0.15) is 0 Å². The van der Waals surface area contributed by atoms with Crippen LogP contribution in [-0.4, -0.2) is 37.1 Å². The van der Waals surface area contributed by atoms with Crippen molar-refractivity contribution in [1.29, 1.82) is 0 Å². The number of aliphatic hydroxyl groups is 1. The van der Waals surface area contributed by atoms with Gasteiger partial charge in [0.25, 0.3) is 10.0 Å². The summed E-state index contributed by atoms with van der Waals surface area (Å²) in [7, 11) is -4.01. The maximum Gasteiger partial charge on any atom is 0.261 e. The smallest absolute Gasteiger partial charge is 0.261 e. The molecule has 0 aromatic heterocycles. The van der Waals surface area contributed by atoms with Gasteiger partial charge in [-0.2, -0.15) is 0 Å². The van der Waals surface area contributed by atoms with Crippen LogP contribution in [0.5, 0.6) is 0 Å². The molecule has 1 unspecified atom stereocenters. The third-order valence-corrected chi connectivity index (χ3v) is 7.50. The first kappa shape index (κ1) is 22.2. The van der Waals surface area contributed by atoms with Crippen LogP contribution in [0.1, 0.15) is 37.4 Å². The van der Waals surface area contributed by atoms with Crippen molar-refractivity contribution in [3.63, 3.8) is 0 Å². The minimum absolute atomic E-state index is 0.00958. The Labute approximate surface area is 189 Å². The van der Waals surface area contributed by atoms with Crippen molar-refractivity contribution in [1.82, 2.24) is 0 Å². The molecule has 0 aliphatic heterocycles. The minimum atomic E-state index is -4.01. The highest BCUT2D eigenvalue weighted by molar-refractivity contribution is 8.00. The fourth-order valence-electron chi connectivity index (χ4n) is 3.50. The summed E-state index contributed by atoms with van der Waals surface area (Å²) in [4.78, 5) is 27.1. The molecule has 3 aromatic carbocycles. The van der Waals surface area contributed by atoms with E-state index in [2.05, 4.69) is 4.72 Å². The van der Waals surface area contributed by atoms with Gasteiger partial charge in [0, 0.05) is 21.6 Å². The van der Waals surface area contributed by atoms with E-state index in [1.807, 2.05) is 6.92 Å². The number of benzene rings is 3. The lowest BCUT2D eigenvalue weighted by Crippen LogP contribution is -2.26. The van der Waals surface area contributed by atoms with Gasteiger partial charge in [-0.1, -0.05) is 42.0 Å². The summed E-state index contributed by atoms with van der Waals surface area (Å²) in [5.41, 5.74) is 7.25. The van der Waals surface area contributed by atoms with Gasteiger partial charge in [-0.3, -0.25) is 14.3 Å². The zero-order chi connectivity index (χ0) is 23.0. The van der Waals surface area contributed by atoms with E-state index < -0.39 is 27.0 Å². The topological polar surface area (TPSA) is 127 Å². The van der Waals surface area contributed by atoms with E-state index in [4.69, 9.17) is 5.73 Å². The number of ketones is 2. The third-order valence-electron chi connectivity index (χ3n) is 5.07. The Morgan fingerprint density at radius 3 is 2.12 bits per heavy atom. The molecule has 3 aromatic rings. The molecule has 0 fully saturated rings. The van der Waals surface area contributed by atoms with Gasteiger partial charge in [0.05, 0.1) is 28.1 Å². The Morgan fingerprint density at radius 1 is 0.938 bits per heavy atom. The Bertz CT molecular complexity index is 1330. The van der Waals surface area contributed by atoms with Crippen molar-refractivity contribution in [2.75, 3.05) is 11.3 Å². The molecule has 32 heavy (non-hydrogen) atoms. The van der Waals surface area contributed by atoms with Crippen LogP contribution in [0.4, 0.5) is 5.69 Å². The summed E-state index contributed by atoms with van der Waals surface area (Å²) in [6.45, 7) is 1.51. The van der Waals surface area contributed by atoms with Crippen molar-refractivity contribution in [2.24, 2.45) is 5.73 Å². The Hall–Kier alpha value is -2.98. The van der Waals surface area contributed by atoms with E-state index >= 15 is 0 Å². The summed E-state index contributed by atoms with van der Waals surface area (Å²) in [5, 5.41) is 8.63. The highest BCUT2D eigenvalue weighted by atomic mass is 32.2. The van der Waals surface area contributed by atoms with Crippen LogP contribution in [0.25, 0.3) is 0 Å². The number of rotatable bonds is 6. The maximum absolute atomic E-state index is 13.4. The molecular formula is C23H20N2O5S2. The molecule has 0 radical (unpaired) electrons. The van der Waals surface area contributed by atoms with Crippen LogP contribution < -0.4 is 10.5 Å². The van der Waals surface area contributed by atoms with Crippen LogP contribution in [-0.2, 0) is 10.0 Å². The number of nitrogens with one attached hydrogen (secondary N) is 1. The maximum atomic E-state index is 13.4. The summed E-state index contributed by atoms with van der Waals surface area (Å²) in [5.74, 6) is -0.865. The molecule has 7 nitrogen and oxygen atoms in total. The summed E-state index contributed by atoms with van der Waals surface area (Å²) in [6.07, 6.45) is 0. The number of anilines is 1. The van der Waals surface area contributed by atoms with Crippen molar-refractivity contribution >= 4 is 39.0 Å². The number of carbonyl (C=O) groups excluding carboxylic acids is 2. The normalized spacial score (nSPS) is 14.0. The van der Waals surface area contributed by atoms with Gasteiger partial charge in [0.2, 0.25) is 0 Å². The largest absolute Gasteiger partial charge is 0.394 e. The van der Waals surface area contributed by atoms with E-state index in [1.54, 1.807) is 30.3 Å². The second kappa shape index (κ2) is 8.51. The number of nitrogens with two attached hydrogens (primary N) is 1. The van der Waals surface area contributed by atoms with Gasteiger partial charge < -0.3 is 10.8 Å². The molecule has 0 saturated carbocycles. The molecule has 0 amide bonds. The van der Waals surface area contributed by atoms with Gasteiger partial charge in [-0.05, 0) is 31.2 Å². The fraction of sp³-hybridized carbons (Fsp3) is 0.130. The summed E-state index contributed by atoms with van der Waals surface area (Å²) in [6, 6.07) is 15.7. The van der Waals surface area contributed by atoms with Crippen molar-refractivity contribution < 1.29 is 23.1 Å². The monoisotopic (exact) mass is 468 g/mol. The van der Waals surface area contributed by atoms with Crippen molar-refractivity contribution in [3.8, 4) is 0 Å². The predicted octanol–water partition coefficient (Wildman–Crippen LogP) is 2.94. The second-order valence-electron chi connectivity index (χ2n) is 7.32. The van der Waals surface area contributed by atoms with Crippen LogP contribution in [0, 0.1) is 6.92 Å². The number of thioether (sulfide) groups is 1. The molecule has 9 heteroatoms. The SMILES string of the molecule is Cc1ccc(S(=O)(=O)Nc2ccc(SC(N)CO)c3c2C(=O)c2ccccc2C3=O)cc1. The van der Waals surface area contributed by atoms with Crippen LogP contribution in [0.2, 0.25) is 0 Å². The number of hydrogen-bond acceptors (Lipinski definition) is 7. The van der Waals surface area contributed by atoms with Gasteiger partial charge in [0.15, 0.2) is 11.6 Å².